The van der Waals surface area contributed by atoms with Gasteiger partial charge in [0.1, 0.15) is 0 Å². The van der Waals surface area contributed by atoms with Crippen LogP contribution in [0.5, 0.6) is 0 Å². The fraction of sp³-hybridized carbons (Fsp3) is 0.727. The van der Waals surface area contributed by atoms with Crippen molar-refractivity contribution in [1.82, 2.24) is 0 Å². The summed E-state index contributed by atoms with van der Waals surface area (Å²) < 4.78 is 3.66. The Morgan fingerprint density at radius 1 is 1.15 bits per heavy atom. The zero-order valence-electron chi connectivity index (χ0n) is 8.68. The fourth-order valence-electron chi connectivity index (χ4n) is 1.67. The summed E-state index contributed by atoms with van der Waals surface area (Å²) in [6, 6.07) is 0. The molecule has 0 radical (unpaired) electrons. The number of fused-ring (bicyclic) bond motifs is 1. The van der Waals surface area contributed by atoms with Gasteiger partial charge < -0.3 is 0 Å². The molecule has 1 heterocycles. The molecule has 1 aromatic heterocycles. The molecule has 0 spiro atoms. The third-order valence-electron chi connectivity index (χ3n) is 2.49. The number of hydrogen-bond acceptors (Lipinski definition) is 0. The van der Waals surface area contributed by atoms with Gasteiger partial charge in [-0.3, -0.25) is 0 Å². The maximum absolute atomic E-state index is 2.37. The third kappa shape index (κ3) is 2.09. The molecule has 1 aliphatic rings. The van der Waals surface area contributed by atoms with E-state index < -0.39 is 0 Å². The first-order valence-corrected chi connectivity index (χ1v) is 7.67. The Kier molecular flexibility index (Phi) is 2.71. The minimum absolute atomic E-state index is 0.457. The Morgan fingerprint density at radius 2 is 1.85 bits per heavy atom. The zero-order valence-corrected chi connectivity index (χ0v) is 11.3. The fourth-order valence-corrected chi connectivity index (χ4v) is 6.99. The maximum atomic E-state index is 2.37. The summed E-state index contributed by atoms with van der Waals surface area (Å²) in [6.45, 7) is 7.11. The first-order valence-electron chi connectivity index (χ1n) is 5.06. The second-order valence-electron chi connectivity index (χ2n) is 4.85. The van der Waals surface area contributed by atoms with Crippen molar-refractivity contribution < 1.29 is 0 Å². The van der Waals surface area contributed by atoms with Crippen molar-refractivity contribution in [3.63, 3.8) is 0 Å². The second kappa shape index (κ2) is 3.54. The van der Waals surface area contributed by atoms with E-state index in [0.29, 0.717) is 5.41 Å². The molecule has 0 bridgehead atoms. The zero-order chi connectivity index (χ0) is 9.47. The van der Waals surface area contributed by atoms with E-state index in [4.69, 9.17) is 0 Å². The minimum atomic E-state index is 0.457. The molecule has 0 fully saturated rings. The summed E-state index contributed by atoms with van der Waals surface area (Å²) in [4.78, 5) is 0. The van der Waals surface area contributed by atoms with Gasteiger partial charge in [-0.1, -0.05) is 0 Å². The first-order chi connectivity index (χ1) is 6.07. The molecule has 0 aromatic carbocycles. The van der Waals surface area contributed by atoms with Crippen LogP contribution in [-0.4, -0.2) is 14.5 Å². The molecule has 0 unspecified atom stereocenters. The molecule has 0 amide bonds. The average Bonchev–Trinajstić information content (AvgIpc) is 2.45. The van der Waals surface area contributed by atoms with E-state index in [1.54, 1.807) is 13.5 Å². The van der Waals surface area contributed by atoms with Crippen LogP contribution in [0.25, 0.3) is 0 Å². The van der Waals surface area contributed by atoms with E-state index in [0.717, 1.165) is 14.5 Å². The predicted molar refractivity (Wildman–Crippen MR) is 61.2 cm³/mol. The van der Waals surface area contributed by atoms with Gasteiger partial charge in [0.25, 0.3) is 0 Å². The van der Waals surface area contributed by atoms with Gasteiger partial charge in [-0.25, -0.2) is 0 Å². The molecule has 0 saturated carbocycles. The monoisotopic (exact) mass is 260 g/mol. The van der Waals surface area contributed by atoms with Crippen LogP contribution in [0, 0.1) is 0 Å². The van der Waals surface area contributed by atoms with Gasteiger partial charge in [0, 0.05) is 0 Å². The normalized spacial score (nSPS) is 17.8. The topological polar surface area (TPSA) is 0 Å². The SMILES string of the molecule is CC(C)(C)c1pc2c([se]1)CCCC2. The standard InChI is InChI=1S/C11H17PSe/c1-11(2,3)10-12-8-6-4-5-7-9(8)13-10/h4-7H2,1-3H3. The Labute approximate surface area is 88.6 Å². The van der Waals surface area contributed by atoms with Gasteiger partial charge >= 0.3 is 88.5 Å². The molecule has 1 aromatic rings. The molecule has 1 aliphatic carbocycles. The van der Waals surface area contributed by atoms with Crippen LogP contribution in [0.15, 0.2) is 0 Å². The summed E-state index contributed by atoms with van der Waals surface area (Å²) in [5.41, 5.74) is 0.457. The van der Waals surface area contributed by atoms with E-state index in [9.17, 15) is 0 Å². The van der Waals surface area contributed by atoms with Crippen LogP contribution in [0.1, 0.15) is 47.5 Å². The summed E-state index contributed by atoms with van der Waals surface area (Å²) in [5, 5.41) is 1.80. The molecule has 72 valence electrons. The number of aryl methyl sites for hydroxylation is 2. The average molecular weight is 259 g/mol. The summed E-state index contributed by atoms with van der Waals surface area (Å²) in [5.74, 6) is 0. The van der Waals surface area contributed by atoms with Gasteiger partial charge in [0.2, 0.25) is 0 Å². The molecule has 2 rings (SSSR count). The van der Waals surface area contributed by atoms with Crippen LogP contribution in [0.2, 0.25) is 0 Å². The van der Waals surface area contributed by atoms with Crippen LogP contribution in [-0.2, 0) is 18.3 Å². The van der Waals surface area contributed by atoms with E-state index in [1.165, 1.54) is 25.7 Å². The molecule has 0 aliphatic heterocycles. The third-order valence-corrected chi connectivity index (χ3v) is 8.67. The Balaban J connectivity index is 2.36. The van der Waals surface area contributed by atoms with Gasteiger partial charge in [-0.05, 0) is 0 Å². The van der Waals surface area contributed by atoms with Crippen molar-refractivity contribution in [2.24, 2.45) is 0 Å². The molecule has 0 N–H and O–H groups in total. The molecule has 0 saturated heterocycles. The van der Waals surface area contributed by atoms with Gasteiger partial charge in [-0.15, -0.1) is 0 Å². The second-order valence-corrected chi connectivity index (χ2v) is 9.06. The quantitative estimate of drug-likeness (QED) is 0.625. The van der Waals surface area contributed by atoms with E-state index in [2.05, 4.69) is 20.8 Å². The Hall–Kier alpha value is 0.429. The summed E-state index contributed by atoms with van der Waals surface area (Å²) in [7, 11) is 1.62. The van der Waals surface area contributed by atoms with Crippen LogP contribution in [0.4, 0.5) is 0 Å². The van der Waals surface area contributed by atoms with Gasteiger partial charge in [-0.2, -0.15) is 0 Å². The Bertz CT molecular complexity index is 283. The first kappa shape index (κ1) is 9.96. The molecular formula is C11H17PSe. The van der Waals surface area contributed by atoms with Crippen molar-refractivity contribution in [3.05, 3.63) is 13.9 Å². The summed E-state index contributed by atoms with van der Waals surface area (Å²) in [6.07, 6.45) is 5.72. The van der Waals surface area contributed by atoms with Gasteiger partial charge in [0.05, 0.1) is 0 Å². The predicted octanol–water partition coefficient (Wildman–Crippen LogP) is 3.50. The van der Waals surface area contributed by atoms with Crippen molar-refractivity contribution >= 4 is 22.7 Å². The molecular weight excluding hydrogens is 242 g/mol. The van der Waals surface area contributed by atoms with Crippen molar-refractivity contribution in [3.8, 4) is 0 Å². The van der Waals surface area contributed by atoms with E-state index >= 15 is 0 Å². The number of hydrogen-bond donors (Lipinski definition) is 0. The van der Waals surface area contributed by atoms with Crippen LogP contribution in [0.3, 0.4) is 0 Å². The Morgan fingerprint density at radius 3 is 2.46 bits per heavy atom. The molecule has 13 heavy (non-hydrogen) atoms. The molecule has 0 atom stereocenters. The van der Waals surface area contributed by atoms with Crippen molar-refractivity contribution in [2.75, 3.05) is 0 Å². The van der Waals surface area contributed by atoms with Crippen molar-refractivity contribution in [2.45, 2.75) is 51.9 Å². The van der Waals surface area contributed by atoms with E-state index in [1.807, 2.05) is 8.61 Å². The van der Waals surface area contributed by atoms with Gasteiger partial charge in [0.15, 0.2) is 0 Å². The van der Waals surface area contributed by atoms with Crippen LogP contribution < -0.4 is 0 Å². The van der Waals surface area contributed by atoms with Crippen molar-refractivity contribution in [1.29, 1.82) is 0 Å². The summed E-state index contributed by atoms with van der Waals surface area (Å²) >= 11 is 0.746. The molecule has 0 nitrogen and oxygen atoms in total. The molecule has 2 heteroatoms. The number of rotatable bonds is 0. The van der Waals surface area contributed by atoms with Crippen LogP contribution >= 0.6 is 8.19 Å². The van der Waals surface area contributed by atoms with E-state index in [-0.39, 0.29) is 0 Å².